The van der Waals surface area contributed by atoms with Gasteiger partial charge in [0, 0.05) is 11.9 Å². The van der Waals surface area contributed by atoms with Gasteiger partial charge in [-0.25, -0.2) is 0 Å². The first-order valence-electron chi connectivity index (χ1n) is 6.24. The molecule has 1 N–H and O–H groups in total. The van der Waals surface area contributed by atoms with Gasteiger partial charge in [-0.3, -0.25) is 0 Å². The summed E-state index contributed by atoms with van der Waals surface area (Å²) in [5.74, 6) is 0. The number of benzene rings is 1. The van der Waals surface area contributed by atoms with Crippen LogP contribution in [0.4, 0.5) is 5.69 Å². The Morgan fingerprint density at radius 1 is 1.26 bits per heavy atom. The number of hydrogen-bond donors (Lipinski definition) is 1. The van der Waals surface area contributed by atoms with Crippen molar-refractivity contribution in [1.29, 1.82) is 0 Å². The Kier molecular flexibility index (Phi) is 4.50. The molecule has 2 nitrogen and oxygen atoms in total. The van der Waals surface area contributed by atoms with Gasteiger partial charge in [0.2, 0.25) is 0 Å². The minimum Gasteiger partial charge on any atom is -0.389 e. The molecule has 0 radical (unpaired) electrons. The van der Waals surface area contributed by atoms with E-state index in [-0.39, 0.29) is 6.04 Å². The molecule has 2 rings (SSSR count). The standard InChI is InChI=1S/C15H18ClNOS/c1-10(15-5-4-8-19-15)17(3)14-7-6-12(11(2)18)9-13(14)16/h4-11,18H,1-3H3/t10?,11-/m0/s1. The van der Waals surface area contributed by atoms with Crippen LogP contribution >= 0.6 is 22.9 Å². The number of halogens is 1. The Morgan fingerprint density at radius 3 is 2.53 bits per heavy atom. The largest absolute Gasteiger partial charge is 0.389 e. The summed E-state index contributed by atoms with van der Waals surface area (Å²) < 4.78 is 0. The molecule has 0 spiro atoms. The molecule has 1 aromatic carbocycles. The van der Waals surface area contributed by atoms with Gasteiger partial charge in [-0.1, -0.05) is 23.7 Å². The molecular weight excluding hydrogens is 278 g/mol. The predicted molar refractivity (Wildman–Crippen MR) is 83.2 cm³/mol. The van der Waals surface area contributed by atoms with Gasteiger partial charge < -0.3 is 10.0 Å². The van der Waals surface area contributed by atoms with Crippen LogP contribution in [0.1, 0.15) is 36.4 Å². The topological polar surface area (TPSA) is 23.5 Å². The van der Waals surface area contributed by atoms with Crippen LogP contribution in [0.15, 0.2) is 35.7 Å². The smallest absolute Gasteiger partial charge is 0.0762 e. The Balaban J connectivity index is 2.26. The number of thiophene rings is 1. The summed E-state index contributed by atoms with van der Waals surface area (Å²) in [6, 6.07) is 10.2. The maximum atomic E-state index is 9.57. The average Bonchev–Trinajstić information content (AvgIpc) is 2.90. The molecule has 1 unspecified atom stereocenters. The second-order valence-electron chi connectivity index (χ2n) is 4.69. The molecule has 0 aliphatic heterocycles. The lowest BCUT2D eigenvalue weighted by Crippen LogP contribution is -2.21. The van der Waals surface area contributed by atoms with Crippen molar-refractivity contribution in [1.82, 2.24) is 0 Å². The molecule has 0 bridgehead atoms. The molecule has 0 amide bonds. The zero-order chi connectivity index (χ0) is 14.0. The van der Waals surface area contributed by atoms with Gasteiger partial charge in [-0.2, -0.15) is 0 Å². The quantitative estimate of drug-likeness (QED) is 0.887. The first-order chi connectivity index (χ1) is 9.00. The average molecular weight is 296 g/mol. The minimum atomic E-state index is -0.494. The summed E-state index contributed by atoms with van der Waals surface area (Å²) in [5, 5.41) is 12.3. The summed E-state index contributed by atoms with van der Waals surface area (Å²) in [4.78, 5) is 3.46. The number of rotatable bonds is 4. The van der Waals surface area contributed by atoms with Crippen LogP contribution in [0.25, 0.3) is 0 Å². The van der Waals surface area contributed by atoms with E-state index >= 15 is 0 Å². The van der Waals surface area contributed by atoms with Gasteiger partial charge in [0.15, 0.2) is 0 Å². The molecule has 2 aromatic rings. The van der Waals surface area contributed by atoms with Crippen molar-refractivity contribution in [2.45, 2.75) is 26.0 Å². The molecule has 4 heteroatoms. The van der Waals surface area contributed by atoms with E-state index in [1.54, 1.807) is 18.3 Å². The number of aliphatic hydroxyl groups excluding tert-OH is 1. The number of anilines is 1. The van der Waals surface area contributed by atoms with E-state index in [1.165, 1.54) is 4.88 Å². The molecule has 2 atom stereocenters. The van der Waals surface area contributed by atoms with E-state index in [9.17, 15) is 5.11 Å². The Hall–Kier alpha value is -1.03. The normalized spacial score (nSPS) is 14.2. The molecular formula is C15H18ClNOS. The van der Waals surface area contributed by atoms with Crippen LogP contribution in [0.3, 0.4) is 0 Å². The van der Waals surface area contributed by atoms with Crippen molar-refractivity contribution in [3.63, 3.8) is 0 Å². The van der Waals surface area contributed by atoms with E-state index in [0.717, 1.165) is 11.3 Å². The van der Waals surface area contributed by atoms with E-state index in [2.05, 4.69) is 29.3 Å². The fraction of sp³-hybridized carbons (Fsp3) is 0.333. The Bertz CT molecular complexity index is 539. The van der Waals surface area contributed by atoms with E-state index in [1.807, 2.05) is 25.2 Å². The molecule has 0 aliphatic rings. The zero-order valence-electron chi connectivity index (χ0n) is 11.3. The van der Waals surface area contributed by atoms with Crippen molar-refractivity contribution < 1.29 is 5.11 Å². The first kappa shape index (κ1) is 14.4. The molecule has 1 aromatic heterocycles. The lowest BCUT2D eigenvalue weighted by atomic mass is 10.1. The van der Waals surface area contributed by atoms with E-state index in [0.29, 0.717) is 5.02 Å². The van der Waals surface area contributed by atoms with E-state index in [4.69, 9.17) is 11.6 Å². The van der Waals surface area contributed by atoms with Crippen LogP contribution < -0.4 is 4.90 Å². The fourth-order valence-electron chi connectivity index (χ4n) is 2.00. The van der Waals surface area contributed by atoms with Gasteiger partial charge in [0.05, 0.1) is 22.9 Å². The van der Waals surface area contributed by atoms with Crippen LogP contribution in [-0.4, -0.2) is 12.2 Å². The van der Waals surface area contributed by atoms with E-state index < -0.39 is 6.10 Å². The third kappa shape index (κ3) is 3.11. The fourth-order valence-corrected chi connectivity index (χ4v) is 3.15. The maximum Gasteiger partial charge on any atom is 0.0762 e. The SMILES string of the molecule is CC(c1cccs1)N(C)c1ccc([C@H](C)O)cc1Cl. The van der Waals surface area contributed by atoms with Crippen LogP contribution in [0.5, 0.6) is 0 Å². The third-order valence-electron chi connectivity index (χ3n) is 3.37. The summed E-state index contributed by atoms with van der Waals surface area (Å²) in [5.41, 5.74) is 1.82. The summed E-state index contributed by atoms with van der Waals surface area (Å²) in [6.45, 7) is 3.90. The Morgan fingerprint density at radius 2 is 2.00 bits per heavy atom. The van der Waals surface area contributed by atoms with Crippen molar-refractivity contribution in [3.8, 4) is 0 Å². The molecule has 0 aliphatic carbocycles. The molecule has 102 valence electrons. The van der Waals surface area contributed by atoms with Crippen LogP contribution in [-0.2, 0) is 0 Å². The zero-order valence-corrected chi connectivity index (χ0v) is 12.9. The van der Waals surface area contributed by atoms with Crippen LogP contribution in [0.2, 0.25) is 5.02 Å². The van der Waals surface area contributed by atoms with Gasteiger partial charge in [-0.05, 0) is 43.0 Å². The minimum absolute atomic E-state index is 0.273. The Labute approximate surface area is 123 Å². The maximum absolute atomic E-state index is 9.57. The van der Waals surface area contributed by atoms with Gasteiger partial charge in [-0.15, -0.1) is 11.3 Å². The second kappa shape index (κ2) is 5.95. The van der Waals surface area contributed by atoms with Gasteiger partial charge >= 0.3 is 0 Å². The third-order valence-corrected chi connectivity index (χ3v) is 4.72. The molecule has 19 heavy (non-hydrogen) atoms. The summed E-state index contributed by atoms with van der Waals surface area (Å²) in [7, 11) is 2.04. The highest BCUT2D eigenvalue weighted by Crippen LogP contribution is 2.34. The molecule has 0 saturated heterocycles. The number of hydrogen-bond acceptors (Lipinski definition) is 3. The number of aliphatic hydroxyl groups is 1. The highest BCUT2D eigenvalue weighted by atomic mass is 35.5. The van der Waals surface area contributed by atoms with Crippen molar-refractivity contribution in [2.24, 2.45) is 0 Å². The monoisotopic (exact) mass is 295 g/mol. The molecule has 0 saturated carbocycles. The highest BCUT2D eigenvalue weighted by Gasteiger charge is 2.16. The summed E-state index contributed by atoms with van der Waals surface area (Å²) in [6.07, 6.45) is -0.494. The first-order valence-corrected chi connectivity index (χ1v) is 7.50. The second-order valence-corrected chi connectivity index (χ2v) is 6.08. The van der Waals surface area contributed by atoms with Crippen molar-refractivity contribution in [3.05, 3.63) is 51.2 Å². The van der Waals surface area contributed by atoms with Crippen LogP contribution in [0, 0.1) is 0 Å². The lowest BCUT2D eigenvalue weighted by Gasteiger charge is -2.27. The molecule has 1 heterocycles. The molecule has 0 fully saturated rings. The number of nitrogens with zero attached hydrogens (tertiary/aromatic N) is 1. The van der Waals surface area contributed by atoms with Crippen molar-refractivity contribution in [2.75, 3.05) is 11.9 Å². The highest BCUT2D eigenvalue weighted by molar-refractivity contribution is 7.10. The van der Waals surface area contributed by atoms with Gasteiger partial charge in [0.1, 0.15) is 0 Å². The summed E-state index contributed by atoms with van der Waals surface area (Å²) >= 11 is 8.07. The van der Waals surface area contributed by atoms with Gasteiger partial charge in [0.25, 0.3) is 0 Å². The van der Waals surface area contributed by atoms with Crippen molar-refractivity contribution >= 4 is 28.6 Å². The predicted octanol–water partition coefficient (Wildman–Crippen LogP) is 4.65. The lowest BCUT2D eigenvalue weighted by molar-refractivity contribution is 0.199.